The molecule has 118 valence electrons. The minimum absolute atomic E-state index is 0.199. The summed E-state index contributed by atoms with van der Waals surface area (Å²) >= 11 is 0. The van der Waals surface area contributed by atoms with Gasteiger partial charge < -0.3 is 19.6 Å². The smallest absolute Gasteiger partial charge is 0.292 e. The van der Waals surface area contributed by atoms with E-state index >= 15 is 0 Å². The number of amides is 1. The van der Waals surface area contributed by atoms with Crippen LogP contribution in [0.4, 0.5) is 5.69 Å². The summed E-state index contributed by atoms with van der Waals surface area (Å²) in [7, 11) is 0. The van der Waals surface area contributed by atoms with E-state index in [0.29, 0.717) is 24.5 Å². The number of rotatable bonds is 2. The van der Waals surface area contributed by atoms with E-state index in [9.17, 15) is 10.0 Å². The van der Waals surface area contributed by atoms with Gasteiger partial charge in [0.15, 0.2) is 0 Å². The SMILES string of the molecule is CC(C)(C)/C(CN1C(=O)C2(OCCO2)c2ccccc21)=N\O. The number of carbonyl (C=O) groups is 1. The van der Waals surface area contributed by atoms with Crippen molar-refractivity contribution >= 4 is 17.3 Å². The Kier molecular flexibility index (Phi) is 3.45. The highest BCUT2D eigenvalue weighted by Crippen LogP contribution is 2.45. The van der Waals surface area contributed by atoms with Gasteiger partial charge in [-0.2, -0.15) is 0 Å². The Morgan fingerprint density at radius 1 is 1.32 bits per heavy atom. The Hall–Kier alpha value is -1.92. The molecule has 0 aliphatic carbocycles. The average Bonchev–Trinajstić information content (AvgIpc) is 3.04. The molecule has 0 atom stereocenters. The summed E-state index contributed by atoms with van der Waals surface area (Å²) in [6.45, 7) is 6.78. The van der Waals surface area contributed by atoms with Gasteiger partial charge in [-0.1, -0.05) is 44.1 Å². The zero-order valence-electron chi connectivity index (χ0n) is 13.0. The second-order valence-corrected chi connectivity index (χ2v) is 6.52. The van der Waals surface area contributed by atoms with Crippen molar-refractivity contribution in [1.82, 2.24) is 0 Å². The number of ether oxygens (including phenoxy) is 2. The second kappa shape index (κ2) is 5.07. The molecule has 6 nitrogen and oxygen atoms in total. The Morgan fingerprint density at radius 2 is 1.95 bits per heavy atom. The van der Waals surface area contributed by atoms with E-state index in [-0.39, 0.29) is 17.9 Å². The summed E-state index contributed by atoms with van der Waals surface area (Å²) in [5, 5.41) is 12.7. The highest BCUT2D eigenvalue weighted by Gasteiger charge is 2.56. The molecule has 1 N–H and O–H groups in total. The molecule has 0 aromatic heterocycles. The maximum atomic E-state index is 12.9. The molecule has 2 aliphatic heterocycles. The first-order valence-corrected chi connectivity index (χ1v) is 7.31. The fourth-order valence-corrected chi connectivity index (χ4v) is 2.81. The van der Waals surface area contributed by atoms with Crippen molar-refractivity contribution in [1.29, 1.82) is 0 Å². The molecule has 1 amide bonds. The molecule has 1 spiro atoms. The normalized spacial score (nSPS) is 20.8. The van der Waals surface area contributed by atoms with Gasteiger partial charge in [-0.15, -0.1) is 0 Å². The Morgan fingerprint density at radius 3 is 2.55 bits per heavy atom. The van der Waals surface area contributed by atoms with Gasteiger partial charge in [-0.3, -0.25) is 4.79 Å². The maximum Gasteiger partial charge on any atom is 0.292 e. The lowest BCUT2D eigenvalue weighted by atomic mass is 9.89. The van der Waals surface area contributed by atoms with E-state index in [1.165, 1.54) is 0 Å². The third kappa shape index (κ3) is 2.10. The summed E-state index contributed by atoms with van der Waals surface area (Å²) in [6, 6.07) is 7.41. The monoisotopic (exact) mass is 304 g/mol. The summed E-state index contributed by atoms with van der Waals surface area (Å²) in [5.74, 6) is -1.61. The fraction of sp³-hybridized carbons (Fsp3) is 0.500. The lowest BCUT2D eigenvalue weighted by Gasteiger charge is -2.26. The van der Waals surface area contributed by atoms with Crippen molar-refractivity contribution in [2.45, 2.75) is 26.6 Å². The molecule has 0 unspecified atom stereocenters. The van der Waals surface area contributed by atoms with Crippen LogP contribution in [0.15, 0.2) is 29.4 Å². The molecular weight excluding hydrogens is 284 g/mol. The number of benzene rings is 1. The zero-order valence-corrected chi connectivity index (χ0v) is 13.0. The molecule has 3 rings (SSSR count). The van der Waals surface area contributed by atoms with E-state index in [1.54, 1.807) is 4.90 Å². The number of oxime groups is 1. The average molecular weight is 304 g/mol. The highest BCUT2D eigenvalue weighted by molar-refractivity contribution is 6.10. The first-order chi connectivity index (χ1) is 10.4. The van der Waals surface area contributed by atoms with Gasteiger partial charge in [0.2, 0.25) is 0 Å². The third-order valence-corrected chi connectivity index (χ3v) is 4.06. The first kappa shape index (κ1) is 15.0. The zero-order chi connectivity index (χ0) is 16.0. The van der Waals surface area contributed by atoms with Gasteiger partial charge in [-0.25, -0.2) is 0 Å². The van der Waals surface area contributed by atoms with Crippen LogP contribution in [0.2, 0.25) is 0 Å². The molecule has 1 aromatic rings. The highest BCUT2D eigenvalue weighted by atomic mass is 16.7. The third-order valence-electron chi connectivity index (χ3n) is 4.06. The molecule has 2 aliphatic rings. The summed E-state index contributed by atoms with van der Waals surface area (Å²) in [5.41, 5.74) is 1.62. The van der Waals surface area contributed by atoms with Crippen LogP contribution in [-0.4, -0.2) is 36.6 Å². The standard InChI is InChI=1S/C16H20N2O4/c1-15(2,3)13(17-20)10-18-12-7-5-4-6-11(12)16(14(18)19)21-8-9-22-16/h4-7,20H,8-10H2,1-3H3/b17-13-. The minimum atomic E-state index is -1.34. The van der Waals surface area contributed by atoms with Gasteiger partial charge in [-0.05, 0) is 6.07 Å². The van der Waals surface area contributed by atoms with Crippen LogP contribution in [0.5, 0.6) is 0 Å². The number of para-hydroxylation sites is 1. The number of hydrogen-bond acceptors (Lipinski definition) is 5. The van der Waals surface area contributed by atoms with Crippen molar-refractivity contribution < 1.29 is 19.5 Å². The van der Waals surface area contributed by atoms with Crippen LogP contribution in [0, 0.1) is 5.41 Å². The summed E-state index contributed by atoms with van der Waals surface area (Å²) in [6.07, 6.45) is 0. The topological polar surface area (TPSA) is 71.4 Å². The molecule has 2 heterocycles. The number of nitrogens with zero attached hydrogens (tertiary/aromatic N) is 2. The summed E-state index contributed by atoms with van der Waals surface area (Å²) < 4.78 is 11.3. The Labute approximate surface area is 129 Å². The lowest BCUT2D eigenvalue weighted by Crippen LogP contribution is -2.45. The van der Waals surface area contributed by atoms with Crippen molar-refractivity contribution in [3.63, 3.8) is 0 Å². The molecule has 1 fully saturated rings. The minimum Gasteiger partial charge on any atom is -0.411 e. The largest absolute Gasteiger partial charge is 0.411 e. The first-order valence-electron chi connectivity index (χ1n) is 7.31. The van der Waals surface area contributed by atoms with E-state index in [4.69, 9.17) is 9.47 Å². The molecule has 6 heteroatoms. The number of fused-ring (bicyclic) bond motifs is 2. The van der Waals surface area contributed by atoms with Gasteiger partial charge in [0.1, 0.15) is 0 Å². The Balaban J connectivity index is 2.02. The van der Waals surface area contributed by atoms with Gasteiger partial charge in [0.25, 0.3) is 11.7 Å². The molecular formula is C16H20N2O4. The predicted molar refractivity (Wildman–Crippen MR) is 81.1 cm³/mol. The van der Waals surface area contributed by atoms with Crippen LogP contribution in [0.25, 0.3) is 0 Å². The van der Waals surface area contributed by atoms with Gasteiger partial charge >= 0.3 is 0 Å². The van der Waals surface area contributed by atoms with E-state index < -0.39 is 5.79 Å². The number of carbonyl (C=O) groups excluding carboxylic acids is 1. The second-order valence-electron chi connectivity index (χ2n) is 6.52. The quantitative estimate of drug-likeness (QED) is 0.516. The van der Waals surface area contributed by atoms with Crippen LogP contribution >= 0.6 is 0 Å². The maximum absolute atomic E-state index is 12.9. The van der Waals surface area contributed by atoms with Crippen LogP contribution < -0.4 is 4.90 Å². The summed E-state index contributed by atoms with van der Waals surface area (Å²) in [4.78, 5) is 14.5. The molecule has 0 saturated carbocycles. The molecule has 1 saturated heterocycles. The van der Waals surface area contributed by atoms with Crippen LogP contribution in [0.3, 0.4) is 0 Å². The van der Waals surface area contributed by atoms with E-state index in [2.05, 4.69) is 5.16 Å². The van der Waals surface area contributed by atoms with Crippen LogP contribution in [-0.2, 0) is 20.1 Å². The number of anilines is 1. The van der Waals surface area contributed by atoms with Crippen molar-refractivity contribution in [3.8, 4) is 0 Å². The molecule has 0 radical (unpaired) electrons. The lowest BCUT2D eigenvalue weighted by molar-refractivity contribution is -0.180. The van der Waals surface area contributed by atoms with Crippen molar-refractivity contribution in [3.05, 3.63) is 29.8 Å². The predicted octanol–water partition coefficient (Wildman–Crippen LogP) is 2.11. The van der Waals surface area contributed by atoms with E-state index in [0.717, 1.165) is 5.69 Å². The van der Waals surface area contributed by atoms with E-state index in [1.807, 2.05) is 45.0 Å². The van der Waals surface area contributed by atoms with Gasteiger partial charge in [0.05, 0.1) is 31.2 Å². The molecule has 22 heavy (non-hydrogen) atoms. The van der Waals surface area contributed by atoms with Crippen molar-refractivity contribution in [2.24, 2.45) is 10.6 Å². The molecule has 1 aromatic carbocycles. The van der Waals surface area contributed by atoms with Crippen LogP contribution in [0.1, 0.15) is 26.3 Å². The number of hydrogen-bond donors (Lipinski definition) is 1. The van der Waals surface area contributed by atoms with Crippen molar-refractivity contribution in [2.75, 3.05) is 24.7 Å². The Bertz CT molecular complexity index is 627. The fourth-order valence-electron chi connectivity index (χ4n) is 2.81. The molecule has 0 bridgehead atoms. The van der Waals surface area contributed by atoms with Gasteiger partial charge in [0, 0.05) is 11.0 Å².